The van der Waals surface area contributed by atoms with Crippen molar-refractivity contribution in [1.29, 1.82) is 0 Å². The lowest BCUT2D eigenvalue weighted by molar-refractivity contribution is 1.38. The Labute approximate surface area is 98.4 Å². The minimum absolute atomic E-state index is 1.07. The summed E-state index contributed by atoms with van der Waals surface area (Å²) in [6, 6.07) is 14.6. The average molecular weight is 225 g/mol. The summed E-state index contributed by atoms with van der Waals surface area (Å²) in [5, 5.41) is 3.32. The van der Waals surface area contributed by atoms with Gasteiger partial charge in [0.1, 0.15) is 0 Å². The van der Waals surface area contributed by atoms with Crippen molar-refractivity contribution in [2.75, 3.05) is 0 Å². The van der Waals surface area contributed by atoms with Crippen LogP contribution in [0.25, 0.3) is 21.5 Å². The molecule has 16 heavy (non-hydrogen) atoms. The number of hydrogen-bond donors (Lipinski definition) is 0. The van der Waals surface area contributed by atoms with Crippen LogP contribution in [-0.2, 0) is 0 Å². The Hall–Kier alpha value is -1.67. The second-order valence-corrected chi connectivity index (χ2v) is 4.77. The summed E-state index contributed by atoms with van der Waals surface area (Å²) < 4.78 is 0. The monoisotopic (exact) mass is 225 g/mol. The van der Waals surface area contributed by atoms with E-state index in [1.165, 1.54) is 15.8 Å². The molecule has 0 fully saturated rings. The molecule has 0 N–H and O–H groups in total. The van der Waals surface area contributed by atoms with Gasteiger partial charge in [-0.05, 0) is 36.1 Å². The number of para-hydroxylation sites is 1. The molecule has 1 aromatic carbocycles. The van der Waals surface area contributed by atoms with Crippen molar-refractivity contribution in [2.45, 2.75) is 6.92 Å². The van der Waals surface area contributed by atoms with Crippen molar-refractivity contribution < 1.29 is 0 Å². The second kappa shape index (κ2) is 3.72. The third-order valence-electron chi connectivity index (χ3n) is 2.70. The number of aromatic nitrogens is 1. The third kappa shape index (κ3) is 1.51. The molecule has 0 radical (unpaired) electrons. The highest BCUT2D eigenvalue weighted by molar-refractivity contribution is 7.13. The Morgan fingerprint density at radius 2 is 1.94 bits per heavy atom. The molecular formula is C14H11NS. The van der Waals surface area contributed by atoms with Gasteiger partial charge in [0, 0.05) is 5.39 Å². The molecular weight excluding hydrogens is 214 g/mol. The van der Waals surface area contributed by atoms with Gasteiger partial charge in [-0.2, -0.15) is 0 Å². The fourth-order valence-electron chi connectivity index (χ4n) is 1.90. The number of thiophene rings is 1. The summed E-state index contributed by atoms with van der Waals surface area (Å²) in [6.07, 6.45) is 0. The van der Waals surface area contributed by atoms with Crippen LogP contribution in [-0.4, -0.2) is 4.98 Å². The lowest BCUT2D eigenvalue weighted by Crippen LogP contribution is -1.86. The molecule has 2 heterocycles. The SMILES string of the molecule is Cc1cc(-c2cccs2)nc2ccccc12. The normalized spacial score (nSPS) is 10.8. The van der Waals surface area contributed by atoms with Gasteiger partial charge in [-0.1, -0.05) is 24.3 Å². The van der Waals surface area contributed by atoms with E-state index in [0.29, 0.717) is 0 Å². The Morgan fingerprint density at radius 1 is 1.06 bits per heavy atom. The molecule has 0 aliphatic rings. The van der Waals surface area contributed by atoms with E-state index in [4.69, 9.17) is 0 Å². The number of fused-ring (bicyclic) bond motifs is 1. The van der Waals surface area contributed by atoms with E-state index < -0.39 is 0 Å². The molecule has 0 atom stereocenters. The standard InChI is InChI=1S/C14H11NS/c1-10-9-13(14-7-4-8-16-14)15-12-6-3-2-5-11(10)12/h2-9H,1H3. The van der Waals surface area contributed by atoms with Gasteiger partial charge in [0.05, 0.1) is 16.1 Å². The molecule has 0 aliphatic carbocycles. The molecule has 0 unspecified atom stereocenters. The largest absolute Gasteiger partial charge is 0.247 e. The summed E-state index contributed by atoms with van der Waals surface area (Å²) in [7, 11) is 0. The predicted octanol–water partition coefficient (Wildman–Crippen LogP) is 4.27. The van der Waals surface area contributed by atoms with Gasteiger partial charge in [-0.25, -0.2) is 4.98 Å². The lowest BCUT2D eigenvalue weighted by Gasteiger charge is -2.04. The van der Waals surface area contributed by atoms with Crippen molar-refractivity contribution in [1.82, 2.24) is 4.98 Å². The summed E-state index contributed by atoms with van der Waals surface area (Å²) in [4.78, 5) is 5.92. The Balaban J connectivity index is 2.29. The first-order chi connectivity index (χ1) is 7.84. The van der Waals surface area contributed by atoms with Crippen LogP contribution in [0.5, 0.6) is 0 Å². The first-order valence-corrected chi connectivity index (χ1v) is 6.13. The van der Waals surface area contributed by atoms with Crippen molar-refractivity contribution in [3.63, 3.8) is 0 Å². The zero-order chi connectivity index (χ0) is 11.0. The summed E-state index contributed by atoms with van der Waals surface area (Å²) in [5.41, 5.74) is 3.44. The van der Waals surface area contributed by atoms with Crippen LogP contribution in [0.15, 0.2) is 47.8 Å². The third-order valence-corrected chi connectivity index (χ3v) is 3.59. The molecule has 3 aromatic rings. The van der Waals surface area contributed by atoms with E-state index >= 15 is 0 Å². The van der Waals surface area contributed by atoms with Crippen LogP contribution in [0.3, 0.4) is 0 Å². The van der Waals surface area contributed by atoms with Crippen molar-refractivity contribution in [2.24, 2.45) is 0 Å². The number of rotatable bonds is 1. The van der Waals surface area contributed by atoms with Crippen LogP contribution in [0.2, 0.25) is 0 Å². The van der Waals surface area contributed by atoms with Crippen molar-refractivity contribution in [3.8, 4) is 10.6 Å². The van der Waals surface area contributed by atoms with Crippen LogP contribution in [0, 0.1) is 6.92 Å². The first kappa shape index (κ1) is 9.55. The van der Waals surface area contributed by atoms with Crippen LogP contribution >= 0.6 is 11.3 Å². The smallest absolute Gasteiger partial charge is 0.0812 e. The summed E-state index contributed by atoms with van der Waals surface area (Å²) in [5.74, 6) is 0. The molecule has 2 aromatic heterocycles. The highest BCUT2D eigenvalue weighted by Crippen LogP contribution is 2.27. The van der Waals surface area contributed by atoms with Gasteiger partial charge in [-0.15, -0.1) is 11.3 Å². The fourth-order valence-corrected chi connectivity index (χ4v) is 2.59. The van der Waals surface area contributed by atoms with E-state index in [1.54, 1.807) is 11.3 Å². The minimum Gasteiger partial charge on any atom is -0.247 e. The molecule has 0 bridgehead atoms. The van der Waals surface area contributed by atoms with E-state index in [9.17, 15) is 0 Å². The summed E-state index contributed by atoms with van der Waals surface area (Å²) in [6.45, 7) is 2.14. The Morgan fingerprint density at radius 3 is 2.75 bits per heavy atom. The van der Waals surface area contributed by atoms with Gasteiger partial charge in [-0.3, -0.25) is 0 Å². The second-order valence-electron chi connectivity index (χ2n) is 3.82. The van der Waals surface area contributed by atoms with Crippen LogP contribution in [0.1, 0.15) is 5.56 Å². The molecule has 0 amide bonds. The zero-order valence-corrected chi connectivity index (χ0v) is 9.79. The molecule has 2 heteroatoms. The molecule has 0 saturated heterocycles. The molecule has 0 aliphatic heterocycles. The maximum Gasteiger partial charge on any atom is 0.0812 e. The molecule has 78 valence electrons. The molecule has 0 saturated carbocycles. The number of benzene rings is 1. The topological polar surface area (TPSA) is 12.9 Å². The lowest BCUT2D eigenvalue weighted by atomic mass is 10.1. The minimum atomic E-state index is 1.07. The van der Waals surface area contributed by atoms with Crippen molar-refractivity contribution in [3.05, 3.63) is 53.4 Å². The van der Waals surface area contributed by atoms with E-state index in [0.717, 1.165) is 11.2 Å². The zero-order valence-electron chi connectivity index (χ0n) is 8.97. The van der Waals surface area contributed by atoms with Gasteiger partial charge < -0.3 is 0 Å². The summed E-state index contributed by atoms with van der Waals surface area (Å²) >= 11 is 1.73. The molecule has 3 rings (SSSR count). The number of aryl methyl sites for hydroxylation is 1. The maximum absolute atomic E-state index is 4.69. The average Bonchev–Trinajstić information content (AvgIpc) is 2.82. The van der Waals surface area contributed by atoms with E-state index in [-0.39, 0.29) is 0 Å². The number of pyridine rings is 1. The Bertz CT molecular complexity index is 626. The van der Waals surface area contributed by atoms with E-state index in [2.05, 4.69) is 53.7 Å². The molecule has 1 nitrogen and oxygen atoms in total. The predicted molar refractivity (Wildman–Crippen MR) is 69.8 cm³/mol. The molecule has 0 spiro atoms. The quantitative estimate of drug-likeness (QED) is 0.602. The van der Waals surface area contributed by atoms with Gasteiger partial charge in [0.2, 0.25) is 0 Å². The van der Waals surface area contributed by atoms with Crippen LogP contribution in [0.4, 0.5) is 0 Å². The first-order valence-electron chi connectivity index (χ1n) is 5.25. The highest BCUT2D eigenvalue weighted by Gasteiger charge is 2.04. The number of hydrogen-bond acceptors (Lipinski definition) is 2. The maximum atomic E-state index is 4.69. The van der Waals surface area contributed by atoms with Gasteiger partial charge in [0.25, 0.3) is 0 Å². The fraction of sp³-hybridized carbons (Fsp3) is 0.0714. The Kier molecular flexibility index (Phi) is 2.22. The van der Waals surface area contributed by atoms with Crippen molar-refractivity contribution >= 4 is 22.2 Å². The highest BCUT2D eigenvalue weighted by atomic mass is 32.1. The van der Waals surface area contributed by atoms with Gasteiger partial charge >= 0.3 is 0 Å². The number of nitrogens with zero attached hydrogens (tertiary/aromatic N) is 1. The van der Waals surface area contributed by atoms with E-state index in [1.807, 2.05) is 6.07 Å². The van der Waals surface area contributed by atoms with Gasteiger partial charge in [0.15, 0.2) is 0 Å². The van der Waals surface area contributed by atoms with Crippen LogP contribution < -0.4 is 0 Å².